The molecule has 11 nitrogen and oxygen atoms in total. The fraction of sp³-hybridized carbons (Fsp3) is 0.389. The Bertz CT molecular complexity index is 1560. The quantitative estimate of drug-likeness (QED) is 0.176. The summed E-state index contributed by atoms with van der Waals surface area (Å²) in [7, 11) is -4.37. The van der Waals surface area contributed by atoms with Crippen molar-refractivity contribution in [3.8, 4) is 0 Å². The molecular weight excluding hydrogens is 633 g/mol. The van der Waals surface area contributed by atoms with Crippen LogP contribution in [0.3, 0.4) is 0 Å². The van der Waals surface area contributed by atoms with Gasteiger partial charge in [-0.3, -0.25) is 23.5 Å². The van der Waals surface area contributed by atoms with Gasteiger partial charge in [-0.2, -0.15) is 0 Å². The minimum atomic E-state index is -4.37. The molecule has 4 rings (SSSR count). The molecule has 0 bridgehead atoms. The number of ether oxygens (including phenoxy) is 1. The van der Waals surface area contributed by atoms with E-state index in [1.165, 1.54) is 17.0 Å². The first kappa shape index (κ1) is 36.5. The number of carbonyl (C=O) groups is 4. The largest absolute Gasteiger partial charge is 0.445 e. The third kappa shape index (κ3) is 11.4. The van der Waals surface area contributed by atoms with Gasteiger partial charge in [0.1, 0.15) is 12.6 Å². The number of nitrogens with zero attached hydrogens (tertiary/aromatic N) is 1. The van der Waals surface area contributed by atoms with Crippen LogP contribution >= 0.6 is 7.60 Å². The predicted octanol–water partition coefficient (Wildman–Crippen LogP) is 4.53. The second-order valence-corrected chi connectivity index (χ2v) is 14.1. The molecule has 1 fully saturated rings. The lowest BCUT2D eigenvalue weighted by atomic mass is 9.97. The second kappa shape index (κ2) is 17.7. The van der Waals surface area contributed by atoms with Crippen molar-refractivity contribution < 1.29 is 37.9 Å². The molecule has 0 radical (unpaired) electrons. The van der Waals surface area contributed by atoms with E-state index in [9.17, 15) is 28.6 Å². The lowest BCUT2D eigenvalue weighted by Gasteiger charge is -2.28. The number of benzene rings is 3. The SMILES string of the molecule is CC(C)C[C@H](NC(=O)OCc1ccccc1)C(=O)N[C@@H](Cc1ccccc1)C(=O)CC(CN1CCCC1=O)OP(=O)(O)c1ccccc1. The first-order valence-electron chi connectivity index (χ1n) is 16.2. The summed E-state index contributed by atoms with van der Waals surface area (Å²) in [5.74, 6) is -1.13. The van der Waals surface area contributed by atoms with E-state index in [2.05, 4.69) is 10.6 Å². The van der Waals surface area contributed by atoms with Crippen LogP contribution in [0.4, 0.5) is 4.79 Å². The molecule has 4 atom stereocenters. The number of nitrogens with one attached hydrogen (secondary N) is 2. The van der Waals surface area contributed by atoms with Crippen molar-refractivity contribution in [2.45, 2.75) is 70.7 Å². The third-order valence-electron chi connectivity index (χ3n) is 7.91. The van der Waals surface area contributed by atoms with Gasteiger partial charge in [0.2, 0.25) is 11.8 Å². The van der Waals surface area contributed by atoms with E-state index in [0.29, 0.717) is 19.4 Å². The van der Waals surface area contributed by atoms with Gasteiger partial charge in [-0.25, -0.2) is 4.79 Å². The van der Waals surface area contributed by atoms with Gasteiger partial charge < -0.3 is 25.2 Å². The molecule has 256 valence electrons. The van der Waals surface area contributed by atoms with E-state index < -0.39 is 43.6 Å². The summed E-state index contributed by atoms with van der Waals surface area (Å²) in [5.41, 5.74) is 1.56. The van der Waals surface area contributed by atoms with E-state index in [4.69, 9.17) is 9.26 Å². The summed E-state index contributed by atoms with van der Waals surface area (Å²) < 4.78 is 24.4. The van der Waals surface area contributed by atoms with E-state index in [1.807, 2.05) is 74.5 Å². The van der Waals surface area contributed by atoms with E-state index in [0.717, 1.165) is 11.1 Å². The van der Waals surface area contributed by atoms with Crippen LogP contribution in [0.1, 0.15) is 50.7 Å². The lowest BCUT2D eigenvalue weighted by Crippen LogP contribution is -2.53. The third-order valence-corrected chi connectivity index (χ3v) is 9.45. The van der Waals surface area contributed by atoms with Crippen LogP contribution in [0.2, 0.25) is 0 Å². The fourth-order valence-corrected chi connectivity index (χ4v) is 6.72. The molecule has 3 aromatic rings. The number of hydrogen-bond acceptors (Lipinski definition) is 7. The molecule has 3 aromatic carbocycles. The number of Topliss-reactive ketones (excluding diaryl/α,β-unsaturated/α-hetero) is 1. The van der Waals surface area contributed by atoms with Crippen molar-refractivity contribution in [3.05, 3.63) is 102 Å². The topological polar surface area (TPSA) is 151 Å². The molecule has 3 N–H and O–H groups in total. The maximum atomic E-state index is 14.0. The molecule has 2 unspecified atom stereocenters. The average molecular weight is 678 g/mol. The van der Waals surface area contributed by atoms with Crippen LogP contribution < -0.4 is 15.9 Å². The molecule has 1 heterocycles. The summed E-state index contributed by atoms with van der Waals surface area (Å²) in [4.78, 5) is 65.3. The normalized spacial score (nSPS) is 16.1. The molecule has 1 aliphatic heterocycles. The number of ketones is 1. The molecule has 0 spiro atoms. The van der Waals surface area contributed by atoms with Gasteiger partial charge in [-0.05, 0) is 48.4 Å². The van der Waals surface area contributed by atoms with Gasteiger partial charge in [0.15, 0.2) is 5.78 Å². The fourth-order valence-electron chi connectivity index (χ4n) is 5.50. The van der Waals surface area contributed by atoms with Gasteiger partial charge in [0.25, 0.3) is 0 Å². The minimum absolute atomic E-state index is 0.0194. The Morgan fingerprint density at radius 2 is 1.48 bits per heavy atom. The van der Waals surface area contributed by atoms with Crippen LogP contribution in [0.5, 0.6) is 0 Å². The van der Waals surface area contributed by atoms with E-state index in [1.54, 1.807) is 18.2 Å². The highest BCUT2D eigenvalue weighted by Gasteiger charge is 2.35. The van der Waals surface area contributed by atoms with Gasteiger partial charge in [-0.1, -0.05) is 92.7 Å². The molecule has 12 heteroatoms. The Balaban J connectivity index is 1.52. The zero-order valence-corrected chi connectivity index (χ0v) is 28.2. The summed E-state index contributed by atoms with van der Waals surface area (Å²) in [6.45, 7) is 4.23. The molecule has 0 aromatic heterocycles. The van der Waals surface area contributed by atoms with Crippen LogP contribution in [0.25, 0.3) is 0 Å². The number of carbonyl (C=O) groups excluding carboxylic acids is 4. The highest BCUT2D eigenvalue weighted by atomic mass is 31.2. The Morgan fingerprint density at radius 3 is 2.06 bits per heavy atom. The lowest BCUT2D eigenvalue weighted by molar-refractivity contribution is -0.131. The predicted molar refractivity (Wildman–Crippen MR) is 181 cm³/mol. The van der Waals surface area contributed by atoms with Crippen molar-refractivity contribution in [1.82, 2.24) is 15.5 Å². The van der Waals surface area contributed by atoms with Gasteiger partial charge >= 0.3 is 13.7 Å². The minimum Gasteiger partial charge on any atom is -0.445 e. The van der Waals surface area contributed by atoms with Gasteiger partial charge in [0.05, 0.1) is 17.5 Å². The van der Waals surface area contributed by atoms with Crippen molar-refractivity contribution in [1.29, 1.82) is 0 Å². The Labute approximate surface area is 281 Å². The van der Waals surface area contributed by atoms with E-state index >= 15 is 0 Å². The van der Waals surface area contributed by atoms with E-state index in [-0.39, 0.29) is 49.5 Å². The van der Waals surface area contributed by atoms with Crippen molar-refractivity contribution in [3.63, 3.8) is 0 Å². The molecular formula is C36H44N3O8P. The number of amides is 3. The first-order valence-corrected chi connectivity index (χ1v) is 17.8. The van der Waals surface area contributed by atoms with Crippen molar-refractivity contribution >= 4 is 36.6 Å². The Morgan fingerprint density at radius 1 is 0.875 bits per heavy atom. The maximum absolute atomic E-state index is 14.0. The Hall–Kier alpha value is -4.31. The number of hydrogen-bond donors (Lipinski definition) is 3. The molecule has 48 heavy (non-hydrogen) atoms. The van der Waals surface area contributed by atoms with Crippen molar-refractivity contribution in [2.24, 2.45) is 5.92 Å². The highest BCUT2D eigenvalue weighted by molar-refractivity contribution is 7.61. The zero-order valence-electron chi connectivity index (χ0n) is 27.3. The van der Waals surface area contributed by atoms with Crippen LogP contribution in [0.15, 0.2) is 91.0 Å². The number of alkyl carbamates (subject to hydrolysis) is 1. The van der Waals surface area contributed by atoms with Gasteiger partial charge in [-0.15, -0.1) is 0 Å². The van der Waals surface area contributed by atoms with Crippen LogP contribution in [-0.2, 0) is 41.2 Å². The maximum Gasteiger partial charge on any atom is 0.408 e. The summed E-state index contributed by atoms with van der Waals surface area (Å²) in [5, 5.41) is 5.53. The molecule has 0 saturated carbocycles. The standard InChI is InChI=1S/C36H44N3O8P/c1-26(2)21-32(38-36(43)46-25-28-15-8-4-9-16-28)35(42)37-31(22-27-13-6-3-7-14-27)33(40)23-29(24-39-20-12-19-34(39)41)47-48(44,45)30-17-10-5-11-18-30/h3-11,13-18,26,29,31-32H,12,19-25H2,1-2H3,(H,37,42)(H,38,43)(H,44,45)/t29?,31-,32-/m0/s1. The summed E-state index contributed by atoms with van der Waals surface area (Å²) in [6, 6.07) is 24.0. The highest BCUT2D eigenvalue weighted by Crippen LogP contribution is 2.43. The van der Waals surface area contributed by atoms with Crippen molar-refractivity contribution in [2.75, 3.05) is 13.1 Å². The smallest absolute Gasteiger partial charge is 0.408 e. The molecule has 1 aliphatic rings. The average Bonchev–Trinajstić information content (AvgIpc) is 3.47. The second-order valence-electron chi connectivity index (χ2n) is 12.3. The number of rotatable bonds is 17. The monoisotopic (exact) mass is 677 g/mol. The first-order chi connectivity index (χ1) is 23.0. The van der Waals surface area contributed by atoms with Gasteiger partial charge in [0, 0.05) is 25.9 Å². The molecule has 0 aliphatic carbocycles. The molecule has 1 saturated heterocycles. The summed E-state index contributed by atoms with van der Waals surface area (Å²) >= 11 is 0. The van der Waals surface area contributed by atoms with Crippen LogP contribution in [-0.4, -0.2) is 64.8 Å². The number of likely N-dealkylation sites (tertiary alicyclic amines) is 1. The Kier molecular flexibility index (Phi) is 13.5. The summed E-state index contributed by atoms with van der Waals surface area (Å²) in [6.07, 6.45) is -0.840. The van der Waals surface area contributed by atoms with Crippen LogP contribution in [0, 0.1) is 5.92 Å². The zero-order chi connectivity index (χ0) is 34.5. The molecule has 3 amide bonds.